The van der Waals surface area contributed by atoms with Crippen molar-refractivity contribution in [1.29, 1.82) is 0 Å². The summed E-state index contributed by atoms with van der Waals surface area (Å²) in [5.74, 6) is -0.465. The molecule has 98 valence electrons. The summed E-state index contributed by atoms with van der Waals surface area (Å²) in [6.45, 7) is 0. The Balaban J connectivity index is 2.15. The molecule has 0 amide bonds. The molecule has 1 N–H and O–H groups in total. The van der Waals surface area contributed by atoms with Gasteiger partial charge in [0, 0.05) is 10.9 Å². The number of rotatable bonds is 3. The van der Waals surface area contributed by atoms with Crippen molar-refractivity contribution < 1.29 is 9.90 Å². The van der Waals surface area contributed by atoms with Crippen LogP contribution in [0.15, 0.2) is 18.2 Å². The van der Waals surface area contributed by atoms with Gasteiger partial charge >= 0.3 is 5.97 Å². The van der Waals surface area contributed by atoms with Gasteiger partial charge in [0.05, 0.1) is 10.7 Å². The van der Waals surface area contributed by atoms with Gasteiger partial charge in [0.1, 0.15) is 5.82 Å². The second kappa shape index (κ2) is 4.51. The first-order chi connectivity index (χ1) is 9.06. The summed E-state index contributed by atoms with van der Waals surface area (Å²) in [4.78, 5) is 15.1. The van der Waals surface area contributed by atoms with Crippen molar-refractivity contribution in [2.24, 2.45) is 0 Å². The minimum Gasteiger partial charge on any atom is -0.475 e. The van der Waals surface area contributed by atoms with Crippen molar-refractivity contribution in [3.05, 3.63) is 39.9 Å². The molecule has 0 unspecified atom stereocenters. The van der Waals surface area contributed by atoms with Crippen LogP contribution in [0.5, 0.6) is 0 Å². The van der Waals surface area contributed by atoms with E-state index in [4.69, 9.17) is 28.3 Å². The van der Waals surface area contributed by atoms with Gasteiger partial charge in [-0.15, -0.1) is 5.10 Å². The van der Waals surface area contributed by atoms with Gasteiger partial charge in [-0.05, 0) is 31.0 Å². The molecule has 0 aliphatic heterocycles. The van der Waals surface area contributed by atoms with Crippen molar-refractivity contribution in [1.82, 2.24) is 14.8 Å². The molecule has 7 heteroatoms. The molecule has 3 rings (SSSR count). The van der Waals surface area contributed by atoms with Crippen molar-refractivity contribution in [3.8, 4) is 5.69 Å². The zero-order valence-electron chi connectivity index (χ0n) is 9.68. The molecule has 0 bridgehead atoms. The van der Waals surface area contributed by atoms with Gasteiger partial charge in [-0.3, -0.25) is 0 Å². The normalized spacial score (nSPS) is 14.6. The highest BCUT2D eigenvalue weighted by atomic mass is 35.5. The highest BCUT2D eigenvalue weighted by Gasteiger charge is 2.31. The third-order valence-electron chi connectivity index (χ3n) is 2.90. The fraction of sp³-hybridized carbons (Fsp3) is 0.250. The fourth-order valence-corrected chi connectivity index (χ4v) is 2.34. The number of hydrogen-bond donors (Lipinski definition) is 1. The summed E-state index contributed by atoms with van der Waals surface area (Å²) < 4.78 is 1.50. The molecule has 1 aliphatic rings. The van der Waals surface area contributed by atoms with Crippen LogP contribution in [0.4, 0.5) is 0 Å². The van der Waals surface area contributed by atoms with Gasteiger partial charge in [-0.2, -0.15) is 0 Å². The van der Waals surface area contributed by atoms with Gasteiger partial charge in [-0.1, -0.05) is 23.2 Å². The van der Waals surface area contributed by atoms with E-state index in [-0.39, 0.29) is 11.7 Å². The lowest BCUT2D eigenvalue weighted by atomic mass is 10.3. The van der Waals surface area contributed by atoms with Crippen molar-refractivity contribution in [2.45, 2.75) is 18.8 Å². The van der Waals surface area contributed by atoms with Gasteiger partial charge in [0.15, 0.2) is 0 Å². The smallest absolute Gasteiger partial charge is 0.375 e. The summed E-state index contributed by atoms with van der Waals surface area (Å²) in [6, 6.07) is 4.98. The van der Waals surface area contributed by atoms with Crippen LogP contribution in [-0.4, -0.2) is 25.8 Å². The van der Waals surface area contributed by atoms with Crippen LogP contribution in [0.3, 0.4) is 0 Å². The van der Waals surface area contributed by atoms with Gasteiger partial charge in [0.25, 0.3) is 5.82 Å². The van der Waals surface area contributed by atoms with Crippen molar-refractivity contribution in [3.63, 3.8) is 0 Å². The largest absolute Gasteiger partial charge is 0.475 e. The Morgan fingerprint density at radius 3 is 2.68 bits per heavy atom. The van der Waals surface area contributed by atoms with Gasteiger partial charge in [0.2, 0.25) is 0 Å². The summed E-state index contributed by atoms with van der Waals surface area (Å²) in [6.07, 6.45) is 1.98. The Hall–Kier alpha value is -1.59. The summed E-state index contributed by atoms with van der Waals surface area (Å²) >= 11 is 12.0. The first-order valence-corrected chi connectivity index (χ1v) is 6.47. The first kappa shape index (κ1) is 12.4. The second-order valence-corrected chi connectivity index (χ2v) is 5.22. The topological polar surface area (TPSA) is 68.0 Å². The first-order valence-electron chi connectivity index (χ1n) is 5.72. The van der Waals surface area contributed by atoms with E-state index in [0.717, 1.165) is 12.8 Å². The number of carboxylic acids is 1. The minimum absolute atomic E-state index is 0.215. The van der Waals surface area contributed by atoms with Crippen LogP contribution in [0, 0.1) is 0 Å². The molecule has 0 radical (unpaired) electrons. The van der Waals surface area contributed by atoms with E-state index in [1.54, 1.807) is 18.2 Å². The maximum atomic E-state index is 11.0. The number of aromatic carboxylic acids is 1. The molecule has 1 heterocycles. The SMILES string of the molecule is O=C(O)c1nc(C2CC2)n(-c2ccc(Cl)cc2Cl)n1. The highest BCUT2D eigenvalue weighted by molar-refractivity contribution is 6.35. The Morgan fingerprint density at radius 2 is 2.11 bits per heavy atom. The van der Waals surface area contributed by atoms with Crippen LogP contribution >= 0.6 is 23.2 Å². The molecule has 2 aromatic rings. The van der Waals surface area contributed by atoms with E-state index in [0.29, 0.717) is 21.6 Å². The average Bonchev–Trinajstić information content (AvgIpc) is 3.09. The molecule has 0 saturated heterocycles. The Bertz CT molecular complexity index is 665. The lowest BCUT2D eigenvalue weighted by Gasteiger charge is -2.07. The van der Waals surface area contributed by atoms with E-state index in [1.807, 2.05) is 0 Å². The molecule has 1 aromatic heterocycles. The quantitative estimate of drug-likeness (QED) is 0.945. The molecule has 1 saturated carbocycles. The van der Waals surface area contributed by atoms with Crippen molar-refractivity contribution >= 4 is 29.2 Å². The molecule has 5 nitrogen and oxygen atoms in total. The van der Waals surface area contributed by atoms with Crippen molar-refractivity contribution in [2.75, 3.05) is 0 Å². The fourth-order valence-electron chi connectivity index (χ4n) is 1.85. The van der Waals surface area contributed by atoms with Crippen LogP contribution in [0.2, 0.25) is 10.0 Å². The standard InChI is InChI=1S/C12H9Cl2N3O2/c13-7-3-4-9(8(14)5-7)17-11(6-1-2-6)15-10(16-17)12(18)19/h3-6H,1-2H2,(H,18,19). The van der Waals surface area contributed by atoms with Gasteiger partial charge in [-0.25, -0.2) is 14.5 Å². The zero-order valence-corrected chi connectivity index (χ0v) is 11.2. The minimum atomic E-state index is -1.15. The van der Waals surface area contributed by atoms with E-state index in [2.05, 4.69) is 10.1 Å². The summed E-state index contributed by atoms with van der Waals surface area (Å²) in [5.41, 5.74) is 0.591. The van der Waals surface area contributed by atoms with E-state index < -0.39 is 5.97 Å². The van der Waals surface area contributed by atoms with Crippen LogP contribution in [0.25, 0.3) is 5.69 Å². The molecule has 19 heavy (non-hydrogen) atoms. The maximum Gasteiger partial charge on any atom is 0.375 e. The van der Waals surface area contributed by atoms with Crippen LogP contribution < -0.4 is 0 Å². The maximum absolute atomic E-state index is 11.0. The molecule has 0 spiro atoms. The predicted octanol–water partition coefficient (Wildman–Crippen LogP) is 3.15. The third-order valence-corrected chi connectivity index (χ3v) is 3.44. The molecule has 1 aromatic carbocycles. The molecule has 1 aliphatic carbocycles. The Labute approximate surface area is 118 Å². The van der Waals surface area contributed by atoms with Crippen LogP contribution in [-0.2, 0) is 0 Å². The number of halogens is 2. The third kappa shape index (κ3) is 2.31. The van der Waals surface area contributed by atoms with E-state index in [9.17, 15) is 4.79 Å². The Kier molecular flexibility index (Phi) is 2.95. The lowest BCUT2D eigenvalue weighted by Crippen LogP contribution is -2.04. The van der Waals surface area contributed by atoms with Gasteiger partial charge < -0.3 is 5.11 Å². The second-order valence-electron chi connectivity index (χ2n) is 4.38. The zero-order chi connectivity index (χ0) is 13.6. The number of carboxylic acid groups (broad SMARTS) is 1. The lowest BCUT2D eigenvalue weighted by molar-refractivity contribution is 0.0683. The number of nitrogens with zero attached hydrogens (tertiary/aromatic N) is 3. The molecular weight excluding hydrogens is 289 g/mol. The predicted molar refractivity (Wildman–Crippen MR) is 70.3 cm³/mol. The Morgan fingerprint density at radius 1 is 1.37 bits per heavy atom. The highest BCUT2D eigenvalue weighted by Crippen LogP contribution is 2.40. The molecule has 0 atom stereocenters. The monoisotopic (exact) mass is 297 g/mol. The number of benzene rings is 1. The summed E-state index contributed by atoms with van der Waals surface area (Å²) in [5, 5.41) is 13.9. The molecule has 1 fully saturated rings. The molecular formula is C12H9Cl2N3O2. The number of carbonyl (C=O) groups is 1. The average molecular weight is 298 g/mol. The number of hydrogen-bond acceptors (Lipinski definition) is 3. The van der Waals surface area contributed by atoms with E-state index >= 15 is 0 Å². The van der Waals surface area contributed by atoms with E-state index in [1.165, 1.54) is 4.68 Å². The summed E-state index contributed by atoms with van der Waals surface area (Å²) in [7, 11) is 0. The number of aromatic nitrogens is 3. The van der Waals surface area contributed by atoms with Crippen LogP contribution in [0.1, 0.15) is 35.2 Å².